The molecule has 218 valence electrons. The first-order valence-electron chi connectivity index (χ1n) is 15.6. The molecule has 39 heavy (non-hydrogen) atoms. The zero-order valence-electron chi connectivity index (χ0n) is 24.4. The van der Waals surface area contributed by atoms with E-state index in [1.54, 1.807) is 6.92 Å². The van der Waals surface area contributed by atoms with Gasteiger partial charge in [-0.15, -0.1) is 0 Å². The number of allylic oxidation sites excluding steroid dienone is 3. The van der Waals surface area contributed by atoms with Crippen LogP contribution >= 0.6 is 0 Å². The second kappa shape index (κ2) is 16.3. The molecule has 1 fully saturated rings. The number of benzene rings is 1. The van der Waals surface area contributed by atoms with Gasteiger partial charge in [0.1, 0.15) is 0 Å². The molecule has 1 saturated carbocycles. The number of carbonyl (C=O) groups is 1. The number of carboxylic acids is 1. The van der Waals surface area contributed by atoms with Crippen molar-refractivity contribution in [3.63, 3.8) is 0 Å². The minimum atomic E-state index is -0.933. The Labute approximate surface area is 237 Å². The molecule has 6 atom stereocenters. The summed E-state index contributed by atoms with van der Waals surface area (Å²) in [5.74, 6) is -0.927. The lowest BCUT2D eigenvalue weighted by Crippen LogP contribution is -2.52. The lowest BCUT2D eigenvalue weighted by atomic mass is 9.54. The summed E-state index contributed by atoms with van der Waals surface area (Å²) in [6, 6.07) is 10.3. The topological polar surface area (TPSA) is 95.6 Å². The van der Waals surface area contributed by atoms with Gasteiger partial charge in [-0.1, -0.05) is 86.7 Å². The molecule has 1 aromatic carbocycles. The lowest BCUT2D eigenvalue weighted by molar-refractivity contribution is -0.152. The van der Waals surface area contributed by atoms with Crippen LogP contribution in [0.4, 0.5) is 0 Å². The molecule has 0 heterocycles. The fraction of sp³-hybridized carbons (Fsp3) is 0.676. The largest absolute Gasteiger partial charge is 0.481 e. The first-order chi connectivity index (χ1) is 18.9. The highest BCUT2D eigenvalue weighted by molar-refractivity contribution is 5.71. The van der Waals surface area contributed by atoms with Gasteiger partial charge in [-0.25, -0.2) is 0 Å². The number of nitrogens with one attached hydrogen (secondary N) is 1. The Bertz CT molecular complexity index is 893. The van der Waals surface area contributed by atoms with Crippen molar-refractivity contribution in [3.05, 3.63) is 60.2 Å². The van der Waals surface area contributed by atoms with Crippen molar-refractivity contribution in [2.75, 3.05) is 20.1 Å². The van der Waals surface area contributed by atoms with Crippen molar-refractivity contribution in [1.82, 2.24) is 5.32 Å². The SMILES string of the molecule is CNCC1(CCCC=CCCC2CCCCC2)C=CC(Cc2ccccc2)C(C(C(=O)O)C(C)O)C1CCN. The summed E-state index contributed by atoms with van der Waals surface area (Å²) in [5, 5.41) is 24.5. The normalized spacial score (nSPS) is 27.5. The summed E-state index contributed by atoms with van der Waals surface area (Å²) in [6.07, 6.45) is 22.6. The number of carboxylic acid groups (broad SMARTS) is 1. The highest BCUT2D eigenvalue weighted by atomic mass is 16.4. The molecule has 0 radical (unpaired) electrons. The van der Waals surface area contributed by atoms with E-state index in [0.29, 0.717) is 6.54 Å². The highest BCUT2D eigenvalue weighted by Crippen LogP contribution is 2.51. The van der Waals surface area contributed by atoms with E-state index < -0.39 is 18.0 Å². The van der Waals surface area contributed by atoms with Crippen LogP contribution < -0.4 is 11.1 Å². The van der Waals surface area contributed by atoms with Crippen molar-refractivity contribution < 1.29 is 15.0 Å². The van der Waals surface area contributed by atoms with Gasteiger partial charge in [-0.3, -0.25) is 4.79 Å². The van der Waals surface area contributed by atoms with Crippen LogP contribution in [0, 0.1) is 35.0 Å². The van der Waals surface area contributed by atoms with E-state index in [1.807, 2.05) is 25.2 Å². The summed E-state index contributed by atoms with van der Waals surface area (Å²) in [6.45, 7) is 2.92. The average Bonchev–Trinajstić information content (AvgIpc) is 2.92. The number of aliphatic hydroxyl groups is 1. The average molecular weight is 539 g/mol. The van der Waals surface area contributed by atoms with Crippen molar-refractivity contribution in [3.8, 4) is 0 Å². The monoisotopic (exact) mass is 538 g/mol. The van der Waals surface area contributed by atoms with Crippen molar-refractivity contribution >= 4 is 5.97 Å². The molecule has 0 bridgehead atoms. The van der Waals surface area contributed by atoms with Crippen molar-refractivity contribution in [2.45, 2.75) is 90.1 Å². The van der Waals surface area contributed by atoms with Crippen LogP contribution in [-0.2, 0) is 11.2 Å². The highest BCUT2D eigenvalue weighted by Gasteiger charge is 2.50. The van der Waals surface area contributed by atoms with Gasteiger partial charge >= 0.3 is 5.97 Å². The summed E-state index contributed by atoms with van der Waals surface area (Å²) in [7, 11) is 1.98. The van der Waals surface area contributed by atoms with Crippen molar-refractivity contribution in [2.24, 2.45) is 40.7 Å². The number of hydrogen-bond donors (Lipinski definition) is 4. The van der Waals surface area contributed by atoms with Gasteiger partial charge in [0, 0.05) is 12.0 Å². The van der Waals surface area contributed by atoms with E-state index in [4.69, 9.17) is 5.73 Å². The number of hydrogen-bond acceptors (Lipinski definition) is 4. The first kappa shape index (κ1) is 31.6. The molecule has 0 amide bonds. The zero-order valence-corrected chi connectivity index (χ0v) is 24.4. The Morgan fingerprint density at radius 1 is 1.13 bits per heavy atom. The maximum absolute atomic E-state index is 12.6. The molecule has 5 nitrogen and oxygen atoms in total. The maximum Gasteiger partial charge on any atom is 0.309 e. The quantitative estimate of drug-likeness (QED) is 0.145. The van der Waals surface area contributed by atoms with Crippen LogP contribution in [0.2, 0.25) is 0 Å². The van der Waals surface area contributed by atoms with E-state index >= 15 is 0 Å². The molecule has 0 aromatic heterocycles. The fourth-order valence-corrected chi connectivity index (χ4v) is 7.68. The van der Waals surface area contributed by atoms with Gasteiger partial charge in [0.25, 0.3) is 0 Å². The molecule has 5 heteroatoms. The Hall–Kier alpha value is -1.95. The molecule has 6 unspecified atom stereocenters. The molecule has 5 N–H and O–H groups in total. The molecule has 0 saturated heterocycles. The van der Waals surface area contributed by atoms with E-state index in [1.165, 1.54) is 50.5 Å². The maximum atomic E-state index is 12.6. The van der Waals surface area contributed by atoms with Crippen LogP contribution in [0.15, 0.2) is 54.6 Å². The Kier molecular flexibility index (Phi) is 13.2. The molecule has 0 spiro atoms. The van der Waals surface area contributed by atoms with Crippen LogP contribution in [0.25, 0.3) is 0 Å². The summed E-state index contributed by atoms with van der Waals surface area (Å²) in [4.78, 5) is 12.6. The Morgan fingerprint density at radius 3 is 2.49 bits per heavy atom. The number of aliphatic hydroxyl groups excluding tert-OH is 1. The zero-order chi connectivity index (χ0) is 28.1. The van der Waals surface area contributed by atoms with E-state index in [0.717, 1.165) is 44.6 Å². The van der Waals surface area contributed by atoms with Crippen LogP contribution in [0.5, 0.6) is 0 Å². The van der Waals surface area contributed by atoms with Gasteiger partial charge in [0.05, 0.1) is 12.0 Å². The van der Waals surface area contributed by atoms with Crippen LogP contribution in [-0.4, -0.2) is 42.4 Å². The van der Waals surface area contributed by atoms with Crippen LogP contribution in [0.1, 0.15) is 83.1 Å². The van der Waals surface area contributed by atoms with E-state index in [-0.39, 0.29) is 23.2 Å². The fourth-order valence-electron chi connectivity index (χ4n) is 7.68. The second-order valence-electron chi connectivity index (χ2n) is 12.3. The number of nitrogens with two attached hydrogens (primary N) is 1. The van der Waals surface area contributed by atoms with Gasteiger partial charge in [-0.05, 0) is 94.7 Å². The number of unbranched alkanes of at least 4 members (excludes halogenated alkanes) is 1. The molecule has 2 aliphatic carbocycles. The van der Waals surface area contributed by atoms with Crippen molar-refractivity contribution in [1.29, 1.82) is 0 Å². The van der Waals surface area contributed by atoms with Gasteiger partial charge in [0.2, 0.25) is 0 Å². The van der Waals surface area contributed by atoms with Gasteiger partial charge < -0.3 is 21.3 Å². The molecule has 3 rings (SSSR count). The lowest BCUT2D eigenvalue weighted by Gasteiger charge is -2.51. The van der Waals surface area contributed by atoms with Crippen LogP contribution in [0.3, 0.4) is 0 Å². The minimum Gasteiger partial charge on any atom is -0.481 e. The molecule has 1 aromatic rings. The van der Waals surface area contributed by atoms with Gasteiger partial charge in [-0.2, -0.15) is 0 Å². The summed E-state index contributed by atoms with van der Waals surface area (Å²) in [5.41, 5.74) is 7.20. The predicted octanol–water partition coefficient (Wildman–Crippen LogP) is 6.37. The smallest absolute Gasteiger partial charge is 0.309 e. The summed E-state index contributed by atoms with van der Waals surface area (Å²) < 4.78 is 0. The molecule has 0 aliphatic heterocycles. The standard InChI is InChI=1S/C34H54N2O3/c1-26(37)31(33(38)39)32-29(24-28-17-11-7-12-18-28)19-22-34(25-36-2,30(32)20-23-35)21-13-5-3-4-8-14-27-15-9-6-10-16-27/h3-4,7,11-12,17-19,22,26-27,29-32,36-37H,5-6,8-10,13-16,20-21,23-25,35H2,1-2H3,(H,38,39). The third kappa shape index (κ3) is 9.03. The third-order valence-electron chi connectivity index (χ3n) is 9.54. The van der Waals surface area contributed by atoms with E-state index in [9.17, 15) is 15.0 Å². The minimum absolute atomic E-state index is 0.0318. The number of rotatable bonds is 16. The Balaban J connectivity index is 1.78. The number of aliphatic carboxylic acids is 1. The first-order valence-corrected chi connectivity index (χ1v) is 15.6. The molecular formula is C34H54N2O3. The van der Waals surface area contributed by atoms with Gasteiger partial charge in [0.15, 0.2) is 0 Å². The van der Waals surface area contributed by atoms with E-state index in [2.05, 4.69) is 41.8 Å². The molecular weight excluding hydrogens is 484 g/mol. The second-order valence-corrected chi connectivity index (χ2v) is 12.3. The third-order valence-corrected chi connectivity index (χ3v) is 9.54. The predicted molar refractivity (Wildman–Crippen MR) is 161 cm³/mol. The molecule has 2 aliphatic rings. The Morgan fingerprint density at radius 2 is 1.85 bits per heavy atom. The summed E-state index contributed by atoms with van der Waals surface area (Å²) >= 11 is 0.